The van der Waals surface area contributed by atoms with Crippen molar-refractivity contribution in [3.05, 3.63) is 0 Å². The van der Waals surface area contributed by atoms with Crippen LogP contribution in [0, 0.1) is 0 Å². The average molecular weight is 509 g/mol. The smallest absolute Gasteiger partial charge is 0.268 e. The number of unbranched alkanes of at least 4 members (excludes halogenated alkanes) is 10. The lowest BCUT2D eigenvalue weighted by Gasteiger charge is -2.28. The number of nitrogens with zero attached hydrogens (tertiary/aromatic N) is 1. The van der Waals surface area contributed by atoms with Gasteiger partial charge in [-0.3, -0.25) is 9.36 Å². The van der Waals surface area contributed by atoms with Crippen LogP contribution < -0.4 is 10.2 Å². The predicted octanol–water partition coefficient (Wildman–Crippen LogP) is 4.81. The van der Waals surface area contributed by atoms with Crippen LogP contribution in [0.1, 0.15) is 97.3 Å². The predicted molar refractivity (Wildman–Crippen MR) is 137 cm³/mol. The Bertz CT molecular complexity index is 542. The molecule has 0 heterocycles. The summed E-state index contributed by atoms with van der Waals surface area (Å²) in [6.07, 6.45) is 14.4. The van der Waals surface area contributed by atoms with Crippen LogP contribution in [-0.4, -0.2) is 70.5 Å². The number of likely N-dealkylation sites (N-methyl/N-ethyl adjacent to an activating group) is 1. The molecule has 1 N–H and O–H groups in total. The molecule has 2 atom stereocenters. The molecule has 0 fully saturated rings. The molecule has 0 spiro atoms. The molecule has 0 aromatic heterocycles. The molecule has 204 valence electrons. The number of carbonyl (C=O) groups excluding carboxylic acids is 1. The topological polar surface area (TPSA) is 96.9 Å². The summed E-state index contributed by atoms with van der Waals surface area (Å²) >= 11 is 0. The van der Waals surface area contributed by atoms with E-state index >= 15 is 0 Å². The van der Waals surface area contributed by atoms with E-state index in [1.165, 1.54) is 57.8 Å². The van der Waals surface area contributed by atoms with Crippen LogP contribution in [0.3, 0.4) is 0 Å². The number of phosphoric ester groups is 1. The first-order valence-electron chi connectivity index (χ1n) is 13.4. The number of hydrogen-bond acceptors (Lipinski definition) is 6. The van der Waals surface area contributed by atoms with E-state index in [2.05, 4.69) is 12.2 Å². The number of carbonyl (C=O) groups is 1. The van der Waals surface area contributed by atoms with Crippen molar-refractivity contribution in [3.63, 3.8) is 0 Å². The van der Waals surface area contributed by atoms with E-state index in [4.69, 9.17) is 13.8 Å². The van der Waals surface area contributed by atoms with Crippen LogP contribution in [0.5, 0.6) is 0 Å². The fourth-order valence-corrected chi connectivity index (χ4v) is 4.08. The molecule has 8 nitrogen and oxygen atoms in total. The molecule has 0 radical (unpaired) electrons. The van der Waals surface area contributed by atoms with Crippen molar-refractivity contribution in [2.75, 3.05) is 54.1 Å². The number of hydrogen-bond donors (Lipinski definition) is 1. The molecule has 0 saturated heterocycles. The number of amides is 1. The minimum Gasteiger partial charge on any atom is -0.756 e. The van der Waals surface area contributed by atoms with Crippen molar-refractivity contribution >= 4 is 13.7 Å². The van der Waals surface area contributed by atoms with Gasteiger partial charge in [0.05, 0.1) is 33.9 Å². The molecule has 0 aliphatic carbocycles. The Morgan fingerprint density at radius 2 is 1.41 bits per heavy atom. The molecule has 1 amide bonds. The lowest BCUT2D eigenvalue weighted by Crippen LogP contribution is -2.38. The largest absolute Gasteiger partial charge is 0.756 e. The van der Waals surface area contributed by atoms with E-state index in [0.29, 0.717) is 24.1 Å². The summed E-state index contributed by atoms with van der Waals surface area (Å²) in [5.74, 6) is -0.0366. The Morgan fingerprint density at radius 1 is 0.853 bits per heavy atom. The van der Waals surface area contributed by atoms with Crippen molar-refractivity contribution in [2.24, 2.45) is 0 Å². The van der Waals surface area contributed by atoms with Gasteiger partial charge in [0.1, 0.15) is 13.2 Å². The monoisotopic (exact) mass is 508 g/mol. The number of nitrogens with one attached hydrogen (secondary N) is 1. The standard InChI is InChI=1S/C25H53N2O6P/c1-6-8-9-10-11-12-13-14-15-16-17-18-25(28)26-22-24(31-20-7-2)23-33-34(29,30)32-21-19-27(3,4)5/h24H,6-23H2,1-5H3,(H-,26,28,29,30). The number of ether oxygens (including phenoxy) is 1. The molecule has 0 aliphatic rings. The highest BCUT2D eigenvalue weighted by atomic mass is 31.2. The highest BCUT2D eigenvalue weighted by molar-refractivity contribution is 7.45. The summed E-state index contributed by atoms with van der Waals surface area (Å²) in [7, 11) is 1.45. The zero-order valence-electron chi connectivity index (χ0n) is 22.6. The van der Waals surface area contributed by atoms with Crippen LogP contribution in [0.25, 0.3) is 0 Å². The van der Waals surface area contributed by atoms with Gasteiger partial charge >= 0.3 is 0 Å². The second-order valence-corrected chi connectivity index (χ2v) is 11.6. The Morgan fingerprint density at radius 3 is 1.94 bits per heavy atom. The van der Waals surface area contributed by atoms with Crippen molar-refractivity contribution in [1.29, 1.82) is 0 Å². The highest BCUT2D eigenvalue weighted by Crippen LogP contribution is 2.38. The minimum atomic E-state index is -4.41. The average Bonchev–Trinajstić information content (AvgIpc) is 2.75. The number of quaternary nitrogens is 1. The summed E-state index contributed by atoms with van der Waals surface area (Å²) in [6, 6.07) is 0. The molecule has 34 heavy (non-hydrogen) atoms. The fourth-order valence-electron chi connectivity index (χ4n) is 3.35. The fraction of sp³-hybridized carbons (Fsp3) is 0.960. The van der Waals surface area contributed by atoms with E-state index in [0.717, 1.165) is 19.3 Å². The minimum absolute atomic E-state index is 0.0366. The maximum absolute atomic E-state index is 12.2. The van der Waals surface area contributed by atoms with Gasteiger partial charge in [-0.05, 0) is 12.8 Å². The molecule has 0 rings (SSSR count). The third-order valence-corrected chi connectivity index (χ3v) is 6.49. The normalized spacial score (nSPS) is 14.6. The summed E-state index contributed by atoms with van der Waals surface area (Å²) in [4.78, 5) is 24.2. The highest BCUT2D eigenvalue weighted by Gasteiger charge is 2.18. The summed E-state index contributed by atoms with van der Waals surface area (Å²) in [6.45, 7) is 5.32. The molecule has 2 unspecified atom stereocenters. The quantitative estimate of drug-likeness (QED) is 0.114. The molecular weight excluding hydrogens is 455 g/mol. The first-order valence-corrected chi connectivity index (χ1v) is 14.8. The lowest BCUT2D eigenvalue weighted by molar-refractivity contribution is -0.870. The third kappa shape index (κ3) is 23.3. The summed E-state index contributed by atoms with van der Waals surface area (Å²) in [5.41, 5.74) is 0. The Balaban J connectivity index is 4.00. The SMILES string of the molecule is CCCCCCCCCCCCCC(=O)NCC(COP(=O)([O-])OCC[N+](C)(C)C)OCCC. The van der Waals surface area contributed by atoms with Crippen molar-refractivity contribution < 1.29 is 32.5 Å². The van der Waals surface area contributed by atoms with Crippen molar-refractivity contribution in [3.8, 4) is 0 Å². The van der Waals surface area contributed by atoms with Crippen LogP contribution >= 0.6 is 7.82 Å². The maximum Gasteiger partial charge on any atom is 0.268 e. The van der Waals surface area contributed by atoms with E-state index in [1.807, 2.05) is 28.1 Å². The first kappa shape index (κ1) is 33.5. The maximum atomic E-state index is 12.2. The molecular formula is C25H53N2O6P. The zero-order chi connectivity index (χ0) is 25.7. The van der Waals surface area contributed by atoms with Crippen LogP contribution in [0.15, 0.2) is 0 Å². The van der Waals surface area contributed by atoms with Crippen LogP contribution in [0.4, 0.5) is 0 Å². The molecule has 0 bridgehead atoms. The molecule has 0 saturated carbocycles. The number of rotatable bonds is 24. The van der Waals surface area contributed by atoms with Crippen molar-refractivity contribution in [2.45, 2.75) is 103 Å². The van der Waals surface area contributed by atoms with Gasteiger partial charge in [-0.2, -0.15) is 0 Å². The third-order valence-electron chi connectivity index (χ3n) is 5.52. The van der Waals surface area contributed by atoms with E-state index < -0.39 is 13.9 Å². The number of phosphoric acid groups is 1. The lowest BCUT2D eigenvalue weighted by atomic mass is 10.1. The van der Waals surface area contributed by atoms with Gasteiger partial charge in [0.2, 0.25) is 5.91 Å². The second kappa shape index (κ2) is 20.7. The van der Waals surface area contributed by atoms with E-state index in [-0.39, 0.29) is 25.7 Å². The van der Waals surface area contributed by atoms with Crippen LogP contribution in [0.2, 0.25) is 0 Å². The summed E-state index contributed by atoms with van der Waals surface area (Å²) < 4.78 is 28.2. The van der Waals surface area contributed by atoms with Gasteiger partial charge in [0.15, 0.2) is 0 Å². The summed E-state index contributed by atoms with van der Waals surface area (Å²) in [5, 5.41) is 2.85. The van der Waals surface area contributed by atoms with Gasteiger partial charge < -0.3 is 28.5 Å². The van der Waals surface area contributed by atoms with E-state index in [1.54, 1.807) is 0 Å². The zero-order valence-corrected chi connectivity index (χ0v) is 23.5. The molecule has 9 heteroatoms. The Labute approximate surface area is 209 Å². The van der Waals surface area contributed by atoms with Crippen LogP contribution in [-0.2, 0) is 23.1 Å². The first-order chi connectivity index (χ1) is 16.1. The Kier molecular flexibility index (Phi) is 20.4. The van der Waals surface area contributed by atoms with E-state index in [9.17, 15) is 14.3 Å². The van der Waals surface area contributed by atoms with Gasteiger partial charge in [-0.1, -0.05) is 78.1 Å². The molecule has 0 aromatic carbocycles. The van der Waals surface area contributed by atoms with Gasteiger partial charge in [0.25, 0.3) is 7.82 Å². The molecule has 0 aromatic rings. The second-order valence-electron chi connectivity index (χ2n) is 10.2. The van der Waals surface area contributed by atoms with Gasteiger partial charge in [-0.15, -0.1) is 0 Å². The Hall–Kier alpha value is -0.500. The van der Waals surface area contributed by atoms with Crippen molar-refractivity contribution in [1.82, 2.24) is 5.32 Å². The van der Waals surface area contributed by atoms with Gasteiger partial charge in [-0.25, -0.2) is 0 Å². The van der Waals surface area contributed by atoms with Gasteiger partial charge in [0, 0.05) is 19.6 Å². The molecule has 0 aliphatic heterocycles.